The lowest BCUT2D eigenvalue weighted by Gasteiger charge is -2.17. The number of nitrogens with zero attached hydrogens (tertiary/aromatic N) is 2. The molecule has 0 aliphatic rings. The summed E-state index contributed by atoms with van der Waals surface area (Å²) in [5.74, 6) is 0. The Labute approximate surface area is 141 Å². The van der Waals surface area contributed by atoms with Crippen molar-refractivity contribution < 1.29 is 66.9 Å². The predicted octanol–water partition coefficient (Wildman–Crippen LogP) is -8.55. The first-order valence-corrected chi connectivity index (χ1v) is 8.54. The number of rotatable bonds is 3. The van der Waals surface area contributed by atoms with Crippen LogP contribution in [0.4, 0.5) is 0 Å². The summed E-state index contributed by atoms with van der Waals surface area (Å²) in [5, 5.41) is 0. The lowest BCUT2D eigenvalue weighted by atomic mass is 10.4. The number of aryl methyl sites for hydroxylation is 2. The standard InChI is InChI=1S/C12H14N2.2ClHO4/c1-3-7-13(8-4-1)11-12-14-9-5-2-6-10-14;2*2-1(3,4)5/h1-10H,11-12H2;2*(H,2,3,4,5)/q+2;;/p-2. The van der Waals surface area contributed by atoms with Gasteiger partial charge in [-0.05, 0) is 0 Å². The molecule has 0 radical (unpaired) electrons. The van der Waals surface area contributed by atoms with E-state index in [1.807, 2.05) is 12.1 Å². The minimum Gasteiger partial charge on any atom is -0.222 e. The van der Waals surface area contributed by atoms with Gasteiger partial charge in [0.1, 0.15) is 0 Å². The minimum absolute atomic E-state index is 1.01. The molecule has 2 heterocycles. The highest BCUT2D eigenvalue weighted by Gasteiger charge is 2.02. The van der Waals surface area contributed by atoms with Gasteiger partial charge in [0.05, 0.1) is 0 Å². The Morgan fingerprint density at radius 1 is 0.458 bits per heavy atom. The van der Waals surface area contributed by atoms with Gasteiger partial charge < -0.3 is 0 Å². The van der Waals surface area contributed by atoms with Crippen LogP contribution in [0.5, 0.6) is 0 Å². The van der Waals surface area contributed by atoms with Crippen LogP contribution in [0.25, 0.3) is 0 Å². The maximum absolute atomic E-state index is 8.49. The molecule has 134 valence electrons. The van der Waals surface area contributed by atoms with Crippen LogP contribution in [0.15, 0.2) is 61.2 Å². The average Bonchev–Trinajstić information content (AvgIpc) is 2.44. The summed E-state index contributed by atoms with van der Waals surface area (Å²) in [4.78, 5) is 0. The van der Waals surface area contributed by atoms with E-state index in [1.165, 1.54) is 0 Å². The van der Waals surface area contributed by atoms with E-state index >= 15 is 0 Å². The molecule has 0 atom stereocenters. The van der Waals surface area contributed by atoms with Crippen LogP contribution in [0.1, 0.15) is 0 Å². The van der Waals surface area contributed by atoms with Gasteiger partial charge in [-0.1, -0.05) is 12.1 Å². The Bertz CT molecular complexity index is 485. The molecule has 2 aromatic rings. The topological polar surface area (TPSA) is 192 Å². The Morgan fingerprint density at radius 3 is 0.875 bits per heavy atom. The highest BCUT2D eigenvalue weighted by atomic mass is 35.7. The van der Waals surface area contributed by atoms with E-state index in [4.69, 9.17) is 37.3 Å². The second kappa shape index (κ2) is 11.2. The van der Waals surface area contributed by atoms with Crippen LogP contribution < -0.4 is 46.4 Å². The summed E-state index contributed by atoms with van der Waals surface area (Å²) in [7, 11) is -9.89. The van der Waals surface area contributed by atoms with Crippen molar-refractivity contribution in [3.63, 3.8) is 0 Å². The van der Waals surface area contributed by atoms with E-state index in [1.54, 1.807) is 0 Å². The minimum atomic E-state index is -4.94. The van der Waals surface area contributed by atoms with Gasteiger partial charge in [-0.2, -0.15) is 9.13 Å². The third-order valence-corrected chi connectivity index (χ3v) is 2.17. The summed E-state index contributed by atoms with van der Waals surface area (Å²) in [6, 6.07) is 12.3. The molecule has 0 fully saturated rings. The molecular weight excluding hydrogens is 371 g/mol. The molecule has 0 saturated heterocycles. The molecule has 10 nitrogen and oxygen atoms in total. The molecule has 2 aromatic heterocycles. The van der Waals surface area contributed by atoms with Crippen molar-refractivity contribution >= 4 is 0 Å². The molecule has 24 heavy (non-hydrogen) atoms. The molecule has 0 unspecified atom stereocenters. The zero-order valence-corrected chi connectivity index (χ0v) is 13.6. The average molecular weight is 385 g/mol. The van der Waals surface area contributed by atoms with Crippen molar-refractivity contribution in [2.45, 2.75) is 13.1 Å². The molecule has 0 spiro atoms. The van der Waals surface area contributed by atoms with E-state index in [-0.39, 0.29) is 0 Å². The lowest BCUT2D eigenvalue weighted by Crippen LogP contribution is -2.68. The van der Waals surface area contributed by atoms with Gasteiger partial charge in [-0.15, -0.1) is 20.5 Å². The predicted molar refractivity (Wildman–Crippen MR) is 53.3 cm³/mol. The maximum atomic E-state index is 8.49. The second-order valence-corrected chi connectivity index (χ2v) is 5.49. The van der Waals surface area contributed by atoms with Crippen LogP contribution in [0, 0.1) is 20.5 Å². The molecule has 0 amide bonds. The van der Waals surface area contributed by atoms with E-state index in [0.717, 1.165) is 13.1 Å². The first kappa shape index (κ1) is 22.6. The number of hydrogen-bond acceptors (Lipinski definition) is 8. The van der Waals surface area contributed by atoms with E-state index in [0.29, 0.717) is 0 Å². The number of hydrogen-bond donors (Lipinski definition) is 0. The van der Waals surface area contributed by atoms with Crippen molar-refractivity contribution in [2.24, 2.45) is 0 Å². The smallest absolute Gasteiger partial charge is 0.206 e. The molecule has 0 aliphatic carbocycles. The van der Waals surface area contributed by atoms with Gasteiger partial charge in [0.2, 0.25) is 13.1 Å². The molecule has 0 N–H and O–H groups in total. The zero-order chi connectivity index (χ0) is 18.6. The van der Waals surface area contributed by atoms with Crippen LogP contribution in [0.3, 0.4) is 0 Å². The Kier molecular flexibility index (Phi) is 10.5. The SMILES string of the molecule is [O-][Cl+3]([O-])([O-])[O-].[O-][Cl+3]([O-])([O-])[O-].c1cc[n+](CC[n+]2ccccc2)cc1. The van der Waals surface area contributed by atoms with Crippen molar-refractivity contribution in [1.82, 2.24) is 0 Å². The fourth-order valence-electron chi connectivity index (χ4n) is 1.40. The zero-order valence-electron chi connectivity index (χ0n) is 12.1. The fourth-order valence-corrected chi connectivity index (χ4v) is 1.40. The normalized spacial score (nSPS) is 10.8. The van der Waals surface area contributed by atoms with Gasteiger partial charge in [0.25, 0.3) is 0 Å². The first-order chi connectivity index (χ1) is 10.9. The molecule has 12 heteroatoms. The van der Waals surface area contributed by atoms with Gasteiger partial charge in [0.15, 0.2) is 24.8 Å². The van der Waals surface area contributed by atoms with Crippen LogP contribution in [-0.2, 0) is 13.1 Å². The summed E-state index contributed by atoms with van der Waals surface area (Å²) >= 11 is 0. The van der Waals surface area contributed by atoms with E-state index in [2.05, 4.69) is 58.2 Å². The van der Waals surface area contributed by atoms with Crippen molar-refractivity contribution in [3.05, 3.63) is 61.2 Å². The first-order valence-electron chi connectivity index (χ1n) is 6.07. The second-order valence-electron chi connectivity index (χ2n) is 3.98. The van der Waals surface area contributed by atoms with E-state index < -0.39 is 20.5 Å². The number of halogens is 2. The third kappa shape index (κ3) is 20.6. The Hall–Kier alpha value is -1.44. The van der Waals surface area contributed by atoms with Crippen molar-refractivity contribution in [1.29, 1.82) is 0 Å². The van der Waals surface area contributed by atoms with Crippen LogP contribution in [0.2, 0.25) is 0 Å². The summed E-state index contributed by atoms with van der Waals surface area (Å²) < 4.78 is 72.3. The Balaban J connectivity index is 0.000000442. The van der Waals surface area contributed by atoms with Gasteiger partial charge in [-0.3, -0.25) is 0 Å². The third-order valence-electron chi connectivity index (χ3n) is 2.17. The summed E-state index contributed by atoms with van der Waals surface area (Å²) in [5.41, 5.74) is 0. The Morgan fingerprint density at radius 2 is 0.667 bits per heavy atom. The highest BCUT2D eigenvalue weighted by molar-refractivity contribution is 4.84. The van der Waals surface area contributed by atoms with Gasteiger partial charge in [-0.25, -0.2) is 37.3 Å². The maximum Gasteiger partial charge on any atom is 0.206 e. The number of pyridine rings is 2. The monoisotopic (exact) mass is 384 g/mol. The molecule has 0 aromatic carbocycles. The molecule has 2 rings (SSSR count). The van der Waals surface area contributed by atoms with Crippen LogP contribution in [-0.4, -0.2) is 0 Å². The molecular formula is C12H14Cl2N2O8. The molecule has 0 aliphatic heterocycles. The van der Waals surface area contributed by atoms with Crippen molar-refractivity contribution in [3.8, 4) is 0 Å². The van der Waals surface area contributed by atoms with Gasteiger partial charge >= 0.3 is 0 Å². The van der Waals surface area contributed by atoms with Crippen LogP contribution >= 0.6 is 0 Å². The highest BCUT2D eigenvalue weighted by Crippen LogP contribution is 1.79. The lowest BCUT2D eigenvalue weighted by molar-refractivity contribution is -2.00. The largest absolute Gasteiger partial charge is 0.222 e. The van der Waals surface area contributed by atoms with Gasteiger partial charge in [0, 0.05) is 24.3 Å². The fraction of sp³-hybridized carbons (Fsp3) is 0.167. The quantitative estimate of drug-likeness (QED) is 0.465. The molecule has 0 bridgehead atoms. The van der Waals surface area contributed by atoms with E-state index in [9.17, 15) is 0 Å². The van der Waals surface area contributed by atoms with Crippen molar-refractivity contribution in [2.75, 3.05) is 0 Å². The number of aromatic nitrogens is 2. The summed E-state index contributed by atoms with van der Waals surface area (Å²) in [6.07, 6.45) is 8.35. The summed E-state index contributed by atoms with van der Waals surface area (Å²) in [6.45, 7) is 2.02. The molecule has 0 saturated carbocycles.